The van der Waals surface area contributed by atoms with Crippen molar-refractivity contribution < 1.29 is 40.9 Å². The van der Waals surface area contributed by atoms with Crippen LogP contribution in [0.5, 0.6) is 0 Å². The Kier molecular flexibility index (Phi) is 11.9. The summed E-state index contributed by atoms with van der Waals surface area (Å²) >= 11 is 0. The van der Waals surface area contributed by atoms with Crippen molar-refractivity contribution in [2.45, 2.75) is 116 Å². The summed E-state index contributed by atoms with van der Waals surface area (Å²) in [5.74, 6) is -2.60. The molecule has 1 N–H and O–H groups in total. The molecule has 1 atom stereocenters. The molecule has 0 radical (unpaired) electrons. The maximum absolute atomic E-state index is 13.4. The zero-order valence-corrected chi connectivity index (χ0v) is 23.3. The maximum Gasteiger partial charge on any atom is 0.416 e. The first-order valence-corrected chi connectivity index (χ1v) is 13.5. The molecule has 39 heavy (non-hydrogen) atoms. The average molecular weight is 563 g/mol. The number of rotatable bonds is 14. The number of unbranched alkanes of at least 4 members (excludes halogenated alkanes) is 5. The molecule has 0 aliphatic carbocycles. The lowest BCUT2D eigenvalue weighted by atomic mass is 9.88. The fourth-order valence-corrected chi connectivity index (χ4v) is 4.59. The van der Waals surface area contributed by atoms with Crippen LogP contribution in [-0.2, 0) is 21.8 Å². The highest BCUT2D eigenvalue weighted by Gasteiger charge is 2.42. The van der Waals surface area contributed by atoms with Gasteiger partial charge in [-0.2, -0.15) is 26.3 Å². The van der Waals surface area contributed by atoms with E-state index in [-0.39, 0.29) is 29.4 Å². The van der Waals surface area contributed by atoms with E-state index in [0.717, 1.165) is 38.5 Å². The summed E-state index contributed by atoms with van der Waals surface area (Å²) < 4.78 is 91.9. The third-order valence-electron chi connectivity index (χ3n) is 6.33. The molecule has 0 aromatic heterocycles. The number of ether oxygens (including phenoxy) is 2. The largest absolute Gasteiger partial charge is 0.416 e. The molecule has 1 unspecified atom stereocenters. The Bertz CT molecular complexity index is 971. The van der Waals surface area contributed by atoms with Crippen LogP contribution in [0.25, 0.3) is 11.1 Å². The Balaban J connectivity index is 2.46. The molecule has 0 aliphatic rings. The molecule has 0 bridgehead atoms. The standard InChI is InChI=1S/C30H40F6O3/c1-6-7-8-9-10-11-12-27(30(37,38-20(2)3)39-21(4)5)23-15-13-22(14-16-23)24-17-25(28(31,32)33)19-26(18-24)29(34,35)36/h13-21,27,37H,6-12H2,1-5H3. The predicted octanol–water partition coefficient (Wildman–Crippen LogP) is 9.72. The lowest BCUT2D eigenvalue weighted by molar-refractivity contribution is -0.393. The Labute approximate surface area is 227 Å². The number of halogens is 6. The van der Waals surface area contributed by atoms with Gasteiger partial charge < -0.3 is 14.6 Å². The molecule has 0 saturated carbocycles. The van der Waals surface area contributed by atoms with Gasteiger partial charge in [-0.3, -0.25) is 0 Å². The summed E-state index contributed by atoms with van der Waals surface area (Å²) in [6, 6.07) is 7.65. The minimum atomic E-state index is -4.93. The van der Waals surface area contributed by atoms with E-state index in [9.17, 15) is 31.4 Å². The molecule has 2 rings (SSSR count). The van der Waals surface area contributed by atoms with Gasteiger partial charge in [0.25, 0.3) is 5.97 Å². The molecule has 0 fully saturated rings. The Morgan fingerprint density at radius 3 is 1.56 bits per heavy atom. The number of hydrogen-bond donors (Lipinski definition) is 1. The normalized spacial score (nSPS) is 13.9. The summed E-state index contributed by atoms with van der Waals surface area (Å²) in [7, 11) is 0. The lowest BCUT2D eigenvalue weighted by Crippen LogP contribution is -2.45. The van der Waals surface area contributed by atoms with Crippen LogP contribution in [0.2, 0.25) is 0 Å². The summed E-state index contributed by atoms with van der Waals surface area (Å²) in [5, 5.41) is 11.5. The van der Waals surface area contributed by atoms with E-state index in [1.165, 1.54) is 12.1 Å². The summed E-state index contributed by atoms with van der Waals surface area (Å²) in [6.45, 7) is 9.21. The van der Waals surface area contributed by atoms with E-state index in [0.29, 0.717) is 24.1 Å². The minimum Gasteiger partial charge on any atom is -0.343 e. The first kappa shape index (κ1) is 33.1. The molecule has 0 heterocycles. The highest BCUT2D eigenvalue weighted by Crippen LogP contribution is 2.41. The fraction of sp³-hybridized carbons (Fsp3) is 0.600. The van der Waals surface area contributed by atoms with Crippen LogP contribution in [0.4, 0.5) is 26.3 Å². The van der Waals surface area contributed by atoms with Gasteiger partial charge in [0, 0.05) is 0 Å². The summed E-state index contributed by atoms with van der Waals surface area (Å²) in [5.41, 5.74) is -2.15. The van der Waals surface area contributed by atoms with Gasteiger partial charge in [-0.15, -0.1) is 0 Å². The lowest BCUT2D eigenvalue weighted by Gasteiger charge is -2.38. The van der Waals surface area contributed by atoms with Gasteiger partial charge in [0.15, 0.2) is 0 Å². The third-order valence-corrected chi connectivity index (χ3v) is 6.33. The second-order valence-electron chi connectivity index (χ2n) is 10.5. The molecule has 2 aromatic rings. The van der Waals surface area contributed by atoms with Crippen LogP contribution in [0.3, 0.4) is 0 Å². The monoisotopic (exact) mass is 562 g/mol. The molecule has 0 aliphatic heterocycles. The van der Waals surface area contributed by atoms with Crippen molar-refractivity contribution in [3.8, 4) is 11.1 Å². The van der Waals surface area contributed by atoms with E-state index in [1.54, 1.807) is 39.8 Å². The minimum absolute atomic E-state index is 0.112. The summed E-state index contributed by atoms with van der Waals surface area (Å²) in [4.78, 5) is 0. The fourth-order valence-electron chi connectivity index (χ4n) is 4.59. The van der Waals surface area contributed by atoms with Crippen LogP contribution in [0.1, 0.15) is 102 Å². The second-order valence-corrected chi connectivity index (χ2v) is 10.5. The van der Waals surface area contributed by atoms with Crippen molar-refractivity contribution in [2.24, 2.45) is 0 Å². The SMILES string of the molecule is CCCCCCCCC(c1ccc(-c2cc(C(F)(F)F)cc(C(F)(F)F)c2)cc1)C(O)(OC(C)C)OC(C)C. The number of hydrogen-bond acceptors (Lipinski definition) is 3. The Morgan fingerprint density at radius 2 is 1.13 bits per heavy atom. The van der Waals surface area contributed by atoms with Gasteiger partial charge in [-0.05, 0) is 69.0 Å². The Morgan fingerprint density at radius 1 is 0.667 bits per heavy atom. The van der Waals surface area contributed by atoms with Crippen LogP contribution in [0, 0.1) is 0 Å². The van der Waals surface area contributed by atoms with Crippen molar-refractivity contribution in [1.82, 2.24) is 0 Å². The van der Waals surface area contributed by atoms with Crippen molar-refractivity contribution in [1.29, 1.82) is 0 Å². The second kappa shape index (κ2) is 14.0. The zero-order chi connectivity index (χ0) is 29.4. The van der Waals surface area contributed by atoms with Gasteiger partial charge in [0.1, 0.15) is 0 Å². The third kappa shape index (κ3) is 10.1. The van der Waals surface area contributed by atoms with Crippen LogP contribution in [-0.4, -0.2) is 23.3 Å². The first-order valence-electron chi connectivity index (χ1n) is 13.5. The number of benzene rings is 2. The smallest absolute Gasteiger partial charge is 0.343 e. The van der Waals surface area contributed by atoms with Crippen LogP contribution >= 0.6 is 0 Å². The quantitative estimate of drug-likeness (QED) is 0.142. The van der Waals surface area contributed by atoms with E-state index in [2.05, 4.69) is 6.92 Å². The predicted molar refractivity (Wildman–Crippen MR) is 140 cm³/mol. The first-order chi connectivity index (χ1) is 18.1. The van der Waals surface area contributed by atoms with Crippen LogP contribution < -0.4 is 0 Å². The Hall–Kier alpha value is -2.10. The molecular formula is C30H40F6O3. The van der Waals surface area contributed by atoms with Crippen molar-refractivity contribution in [3.05, 3.63) is 59.2 Å². The molecule has 0 spiro atoms. The molecule has 2 aromatic carbocycles. The molecule has 9 heteroatoms. The van der Waals surface area contributed by atoms with Gasteiger partial charge >= 0.3 is 12.4 Å². The number of alkyl halides is 6. The van der Waals surface area contributed by atoms with Gasteiger partial charge in [-0.25, -0.2) is 0 Å². The zero-order valence-electron chi connectivity index (χ0n) is 23.3. The average Bonchev–Trinajstić information content (AvgIpc) is 2.81. The van der Waals surface area contributed by atoms with Gasteiger partial charge in [-0.1, -0.05) is 69.7 Å². The molecule has 0 amide bonds. The van der Waals surface area contributed by atoms with Crippen LogP contribution in [0.15, 0.2) is 42.5 Å². The maximum atomic E-state index is 13.4. The van der Waals surface area contributed by atoms with Crippen molar-refractivity contribution in [2.75, 3.05) is 0 Å². The van der Waals surface area contributed by atoms with E-state index in [1.807, 2.05) is 0 Å². The molecule has 220 valence electrons. The van der Waals surface area contributed by atoms with Crippen molar-refractivity contribution >= 4 is 0 Å². The van der Waals surface area contributed by atoms with E-state index < -0.39 is 35.4 Å². The number of aliphatic hydroxyl groups is 1. The molecule has 3 nitrogen and oxygen atoms in total. The highest BCUT2D eigenvalue weighted by atomic mass is 19.4. The highest BCUT2D eigenvalue weighted by molar-refractivity contribution is 5.66. The van der Waals surface area contributed by atoms with Crippen molar-refractivity contribution in [3.63, 3.8) is 0 Å². The van der Waals surface area contributed by atoms with Gasteiger partial charge in [0.05, 0.1) is 29.3 Å². The van der Waals surface area contributed by atoms with E-state index in [4.69, 9.17) is 9.47 Å². The molecular weight excluding hydrogens is 522 g/mol. The van der Waals surface area contributed by atoms with E-state index >= 15 is 0 Å². The molecule has 0 saturated heterocycles. The topological polar surface area (TPSA) is 38.7 Å². The van der Waals surface area contributed by atoms with Gasteiger partial charge in [0.2, 0.25) is 0 Å². The summed E-state index contributed by atoms with van der Waals surface area (Å²) in [6.07, 6.45) is -3.94.